The molecule has 0 unspecified atom stereocenters. The second-order valence-corrected chi connectivity index (χ2v) is 8.56. The van der Waals surface area contributed by atoms with E-state index in [2.05, 4.69) is 15.9 Å². The Hall–Kier alpha value is -0.590. The average molecular weight is 347 g/mol. The molecule has 1 fully saturated rings. The molecule has 1 aromatic rings. The van der Waals surface area contributed by atoms with Crippen molar-refractivity contribution < 1.29 is 18.3 Å². The largest absolute Gasteiger partial charge is 0.487 e. The van der Waals surface area contributed by atoms with Crippen molar-refractivity contribution in [1.29, 1.82) is 0 Å². The number of ether oxygens (including phenoxy) is 1. The molecule has 6 heteroatoms. The number of hydrogen-bond donors (Lipinski definition) is 1. The number of aliphatic hydroxyl groups excluding tert-OH is 1. The van der Waals surface area contributed by atoms with Gasteiger partial charge in [0, 0.05) is 29.3 Å². The van der Waals surface area contributed by atoms with E-state index in [0.717, 1.165) is 10.0 Å². The van der Waals surface area contributed by atoms with Crippen molar-refractivity contribution in [2.24, 2.45) is 0 Å². The fourth-order valence-electron chi connectivity index (χ4n) is 2.83. The number of halogens is 1. The molecule has 19 heavy (non-hydrogen) atoms. The van der Waals surface area contributed by atoms with Gasteiger partial charge in [0.15, 0.2) is 9.84 Å². The summed E-state index contributed by atoms with van der Waals surface area (Å²) in [7, 11) is -2.93. The van der Waals surface area contributed by atoms with Crippen LogP contribution in [-0.4, -0.2) is 30.6 Å². The lowest BCUT2D eigenvalue weighted by Crippen LogP contribution is -2.47. The van der Waals surface area contributed by atoms with Gasteiger partial charge in [-0.25, -0.2) is 8.42 Å². The van der Waals surface area contributed by atoms with E-state index in [1.165, 1.54) is 0 Å². The minimum Gasteiger partial charge on any atom is -0.487 e. The molecule has 1 atom stereocenters. The van der Waals surface area contributed by atoms with Gasteiger partial charge in [-0.1, -0.05) is 22.0 Å². The molecule has 4 nitrogen and oxygen atoms in total. The number of aliphatic hydroxyl groups is 1. The highest BCUT2D eigenvalue weighted by Crippen LogP contribution is 2.45. The molecule has 1 N–H and O–H groups in total. The fraction of sp³-hybridized carbons (Fsp3) is 0.538. The summed E-state index contributed by atoms with van der Waals surface area (Å²) < 4.78 is 30.0. The van der Waals surface area contributed by atoms with E-state index in [4.69, 9.17) is 4.74 Å². The van der Waals surface area contributed by atoms with Crippen molar-refractivity contribution in [3.8, 4) is 5.75 Å². The number of sulfone groups is 1. The zero-order valence-corrected chi connectivity index (χ0v) is 12.7. The maximum atomic E-state index is 11.5. The topological polar surface area (TPSA) is 63.6 Å². The summed E-state index contributed by atoms with van der Waals surface area (Å²) in [6, 6.07) is 5.55. The minimum atomic E-state index is -2.93. The molecular formula is C13H15BrO4S. The molecule has 0 radical (unpaired) electrons. The lowest BCUT2D eigenvalue weighted by Gasteiger charge is -2.43. The van der Waals surface area contributed by atoms with E-state index < -0.39 is 21.5 Å². The van der Waals surface area contributed by atoms with Crippen LogP contribution in [0.25, 0.3) is 0 Å². The van der Waals surface area contributed by atoms with Crippen LogP contribution in [0.4, 0.5) is 0 Å². The summed E-state index contributed by atoms with van der Waals surface area (Å²) in [6.07, 6.45) is 0.797. The molecule has 0 aromatic heterocycles. The van der Waals surface area contributed by atoms with Gasteiger partial charge in [0.25, 0.3) is 0 Å². The van der Waals surface area contributed by atoms with E-state index in [1.807, 2.05) is 18.2 Å². The molecule has 0 bridgehead atoms. The third kappa shape index (κ3) is 2.53. The predicted octanol–water partition coefficient (Wildman–Crippen LogP) is 2.21. The quantitative estimate of drug-likeness (QED) is 0.782. The van der Waals surface area contributed by atoms with Gasteiger partial charge in [0.2, 0.25) is 0 Å². The van der Waals surface area contributed by atoms with Crippen LogP contribution < -0.4 is 4.74 Å². The monoisotopic (exact) mass is 346 g/mol. The first-order valence-electron chi connectivity index (χ1n) is 6.26. The lowest BCUT2D eigenvalue weighted by molar-refractivity contribution is -0.0208. The van der Waals surface area contributed by atoms with Crippen LogP contribution in [0.15, 0.2) is 22.7 Å². The first-order valence-corrected chi connectivity index (χ1v) is 8.88. The van der Waals surface area contributed by atoms with E-state index in [0.29, 0.717) is 25.0 Å². The molecule has 1 spiro atoms. The zero-order chi connectivity index (χ0) is 13.7. The number of hydrogen-bond acceptors (Lipinski definition) is 4. The lowest BCUT2D eigenvalue weighted by atomic mass is 9.84. The summed E-state index contributed by atoms with van der Waals surface area (Å²) in [5.41, 5.74) is 0.251. The van der Waals surface area contributed by atoms with Crippen LogP contribution in [0.2, 0.25) is 0 Å². The highest BCUT2D eigenvalue weighted by atomic mass is 79.9. The Morgan fingerprint density at radius 3 is 2.68 bits per heavy atom. The summed E-state index contributed by atoms with van der Waals surface area (Å²) in [6.45, 7) is 0. The van der Waals surface area contributed by atoms with Crippen LogP contribution in [0.5, 0.6) is 5.75 Å². The molecule has 3 rings (SSSR count). The normalized spacial score (nSPS) is 27.6. The Bertz CT molecular complexity index is 597. The van der Waals surface area contributed by atoms with Crippen molar-refractivity contribution in [3.05, 3.63) is 28.2 Å². The van der Waals surface area contributed by atoms with E-state index in [-0.39, 0.29) is 11.5 Å². The third-order valence-electron chi connectivity index (χ3n) is 3.96. The maximum absolute atomic E-state index is 11.5. The Kier molecular flexibility index (Phi) is 3.15. The van der Waals surface area contributed by atoms with Gasteiger partial charge in [-0.2, -0.15) is 0 Å². The van der Waals surface area contributed by atoms with Crippen molar-refractivity contribution in [2.45, 2.75) is 31.0 Å². The van der Waals surface area contributed by atoms with Gasteiger partial charge in [0.05, 0.1) is 17.6 Å². The molecule has 2 heterocycles. The molecule has 2 aliphatic rings. The summed E-state index contributed by atoms with van der Waals surface area (Å²) in [4.78, 5) is 0. The smallest absolute Gasteiger partial charge is 0.150 e. The molecule has 0 amide bonds. The second kappa shape index (κ2) is 4.46. The van der Waals surface area contributed by atoms with Crippen LogP contribution in [0.1, 0.15) is 30.9 Å². The SMILES string of the molecule is O=S1(=O)CCC2(CC1)C[C@@H](O)c1ccc(Br)cc1O2. The van der Waals surface area contributed by atoms with Crippen LogP contribution >= 0.6 is 15.9 Å². The maximum Gasteiger partial charge on any atom is 0.150 e. The standard InChI is InChI=1S/C13H15BrO4S/c14-9-1-2-10-11(15)8-13(18-12(10)7-9)3-5-19(16,17)6-4-13/h1-2,7,11,15H,3-6,8H2/t11-/m1/s1. The van der Waals surface area contributed by atoms with E-state index in [1.54, 1.807) is 0 Å². The van der Waals surface area contributed by atoms with Gasteiger partial charge in [-0.05, 0) is 12.1 Å². The predicted molar refractivity (Wildman–Crippen MR) is 75.0 cm³/mol. The highest BCUT2D eigenvalue weighted by molar-refractivity contribution is 9.10. The molecule has 0 aliphatic carbocycles. The van der Waals surface area contributed by atoms with Gasteiger partial charge in [0.1, 0.15) is 11.4 Å². The zero-order valence-electron chi connectivity index (χ0n) is 10.3. The van der Waals surface area contributed by atoms with Crippen molar-refractivity contribution in [1.82, 2.24) is 0 Å². The Balaban J connectivity index is 1.92. The Morgan fingerprint density at radius 1 is 1.32 bits per heavy atom. The summed E-state index contributed by atoms with van der Waals surface area (Å²) in [5.74, 6) is 0.943. The average Bonchev–Trinajstić information content (AvgIpc) is 2.33. The summed E-state index contributed by atoms with van der Waals surface area (Å²) in [5, 5.41) is 10.3. The summed E-state index contributed by atoms with van der Waals surface area (Å²) >= 11 is 3.38. The third-order valence-corrected chi connectivity index (χ3v) is 6.11. The molecule has 0 saturated carbocycles. The van der Waals surface area contributed by atoms with Gasteiger partial charge in [-0.3, -0.25) is 0 Å². The Morgan fingerprint density at radius 2 is 2.00 bits per heavy atom. The number of fused-ring (bicyclic) bond motifs is 1. The van der Waals surface area contributed by atoms with Crippen molar-refractivity contribution in [3.63, 3.8) is 0 Å². The fourth-order valence-corrected chi connectivity index (χ4v) is 4.74. The van der Waals surface area contributed by atoms with Crippen molar-refractivity contribution >= 4 is 25.8 Å². The molecule has 2 aliphatic heterocycles. The minimum absolute atomic E-state index is 0.142. The number of benzene rings is 1. The first-order chi connectivity index (χ1) is 8.89. The van der Waals surface area contributed by atoms with Gasteiger partial charge in [-0.15, -0.1) is 0 Å². The van der Waals surface area contributed by atoms with Gasteiger partial charge < -0.3 is 9.84 Å². The van der Waals surface area contributed by atoms with E-state index in [9.17, 15) is 13.5 Å². The van der Waals surface area contributed by atoms with E-state index >= 15 is 0 Å². The molecule has 1 aromatic carbocycles. The highest BCUT2D eigenvalue weighted by Gasteiger charge is 2.44. The van der Waals surface area contributed by atoms with Crippen LogP contribution in [-0.2, 0) is 9.84 Å². The van der Waals surface area contributed by atoms with Gasteiger partial charge >= 0.3 is 0 Å². The van der Waals surface area contributed by atoms with Crippen LogP contribution in [0.3, 0.4) is 0 Å². The molecule has 104 valence electrons. The van der Waals surface area contributed by atoms with Crippen molar-refractivity contribution in [2.75, 3.05) is 11.5 Å². The first kappa shape index (κ1) is 13.4. The number of rotatable bonds is 0. The molecule has 1 saturated heterocycles. The molecular weight excluding hydrogens is 332 g/mol. The Labute approximate surface area is 120 Å². The second-order valence-electron chi connectivity index (χ2n) is 5.34. The van der Waals surface area contributed by atoms with Crippen LogP contribution in [0, 0.1) is 0 Å².